The molecule has 5 rings (SSSR count). The van der Waals surface area contributed by atoms with Gasteiger partial charge in [-0.3, -0.25) is 14.6 Å². The van der Waals surface area contributed by atoms with Gasteiger partial charge in [0.15, 0.2) is 23.1 Å². The van der Waals surface area contributed by atoms with E-state index >= 15 is 4.39 Å². The van der Waals surface area contributed by atoms with Crippen LogP contribution in [0.4, 0.5) is 10.1 Å². The lowest BCUT2D eigenvalue weighted by Crippen LogP contribution is -2.35. The second-order valence-corrected chi connectivity index (χ2v) is 10.5. The van der Waals surface area contributed by atoms with Crippen LogP contribution >= 0.6 is 0 Å². The summed E-state index contributed by atoms with van der Waals surface area (Å²) in [6.45, 7) is 4.16. The maximum atomic E-state index is 15.1. The van der Waals surface area contributed by atoms with E-state index in [1.807, 2.05) is 0 Å². The smallest absolute Gasteiger partial charge is 0.313 e. The minimum absolute atomic E-state index is 0.00413. The summed E-state index contributed by atoms with van der Waals surface area (Å²) in [4.78, 5) is 29.1. The largest absolute Gasteiger partial charge is 0.497 e. The highest BCUT2D eigenvalue weighted by Crippen LogP contribution is 2.39. The Labute approximate surface area is 254 Å². The van der Waals surface area contributed by atoms with E-state index in [4.69, 9.17) is 18.9 Å². The van der Waals surface area contributed by atoms with E-state index in [0.717, 1.165) is 37.6 Å². The Bertz CT molecular complexity index is 1630. The molecular formula is C33H35FN4O6. The highest BCUT2D eigenvalue weighted by molar-refractivity contribution is 6.39. The molecule has 1 atom stereocenters. The molecule has 1 aliphatic rings. The number of fused-ring (bicyclic) bond motifs is 1. The first-order chi connectivity index (χ1) is 21.3. The topological polar surface area (TPSA) is 120 Å². The van der Waals surface area contributed by atoms with E-state index in [-0.39, 0.29) is 24.1 Å². The fraction of sp³-hybridized carbons (Fsp3) is 0.303. The van der Waals surface area contributed by atoms with Gasteiger partial charge in [0, 0.05) is 35.9 Å². The van der Waals surface area contributed by atoms with Crippen LogP contribution in [0, 0.1) is 11.7 Å². The zero-order valence-electron chi connectivity index (χ0n) is 24.8. The van der Waals surface area contributed by atoms with E-state index in [1.54, 1.807) is 62.9 Å². The van der Waals surface area contributed by atoms with E-state index in [9.17, 15) is 9.59 Å². The molecule has 1 aliphatic heterocycles. The Kier molecular flexibility index (Phi) is 9.75. The fourth-order valence-corrected chi connectivity index (χ4v) is 5.05. The first-order valence-corrected chi connectivity index (χ1v) is 14.4. The first-order valence-electron chi connectivity index (χ1n) is 14.4. The van der Waals surface area contributed by atoms with Gasteiger partial charge in [-0.15, -0.1) is 0 Å². The third-order valence-electron chi connectivity index (χ3n) is 7.58. The van der Waals surface area contributed by atoms with Gasteiger partial charge in [-0.2, -0.15) is 0 Å². The van der Waals surface area contributed by atoms with E-state index in [2.05, 4.69) is 27.9 Å². The molecule has 3 N–H and O–H groups in total. The van der Waals surface area contributed by atoms with Gasteiger partial charge in [0.05, 0.1) is 25.8 Å². The molecule has 3 aromatic carbocycles. The number of ether oxygens (including phenoxy) is 4. The van der Waals surface area contributed by atoms with Crippen LogP contribution in [0.3, 0.4) is 0 Å². The van der Waals surface area contributed by atoms with Crippen molar-refractivity contribution < 1.29 is 32.9 Å². The van der Waals surface area contributed by atoms with E-state index in [0.29, 0.717) is 39.8 Å². The summed E-state index contributed by atoms with van der Waals surface area (Å²) in [6, 6.07) is 16.2. The van der Waals surface area contributed by atoms with Crippen LogP contribution in [-0.4, -0.2) is 50.2 Å². The summed E-state index contributed by atoms with van der Waals surface area (Å²) in [6.07, 6.45) is 3.65. The number of piperidine rings is 1. The zero-order chi connectivity index (χ0) is 31.1. The van der Waals surface area contributed by atoms with Crippen LogP contribution < -0.4 is 34.9 Å². The molecule has 44 heavy (non-hydrogen) atoms. The lowest BCUT2D eigenvalue weighted by atomic mass is 9.93. The van der Waals surface area contributed by atoms with Crippen LogP contribution in [0.15, 0.2) is 66.9 Å². The Balaban J connectivity index is 1.24. The standard InChI is InChI=1S/C33H35FN4O6/c1-20(22-10-13-35-14-11-22)43-31-18-27-25(17-30(31)42-3)28(12-15-36-27)44-29-9-6-23(16-26(29)34)38-33(40)32(39)37-19-21-4-7-24(41-2)8-5-21/h4-9,12,15-18,20,22,35H,10-11,13-14,19H2,1-3H3,(H,37,39)(H,38,40). The number of aromatic nitrogens is 1. The van der Waals surface area contributed by atoms with Crippen molar-refractivity contribution >= 4 is 28.4 Å². The number of amides is 2. The highest BCUT2D eigenvalue weighted by Gasteiger charge is 2.23. The molecule has 4 aromatic rings. The van der Waals surface area contributed by atoms with Crippen molar-refractivity contribution in [2.24, 2.45) is 5.92 Å². The summed E-state index contributed by atoms with van der Waals surface area (Å²) in [5.41, 5.74) is 1.49. The average molecular weight is 603 g/mol. The van der Waals surface area contributed by atoms with Gasteiger partial charge >= 0.3 is 11.8 Å². The Morgan fingerprint density at radius 2 is 1.70 bits per heavy atom. The van der Waals surface area contributed by atoms with Gasteiger partial charge in [-0.1, -0.05) is 12.1 Å². The van der Waals surface area contributed by atoms with E-state index in [1.165, 1.54) is 12.1 Å². The van der Waals surface area contributed by atoms with Gasteiger partial charge in [-0.05, 0) is 80.7 Å². The number of nitrogens with zero attached hydrogens (tertiary/aromatic N) is 1. The summed E-state index contributed by atoms with van der Waals surface area (Å²) in [5, 5.41) is 8.92. The molecule has 1 fully saturated rings. The van der Waals surface area contributed by atoms with Gasteiger partial charge in [-0.25, -0.2) is 4.39 Å². The normalized spacial score (nSPS) is 14.0. The summed E-state index contributed by atoms with van der Waals surface area (Å²) in [5.74, 6) is -0.00896. The summed E-state index contributed by atoms with van der Waals surface area (Å²) in [7, 11) is 3.12. The number of carbonyl (C=O) groups excluding carboxylic acids is 2. The number of hydrogen-bond acceptors (Lipinski definition) is 8. The molecule has 230 valence electrons. The van der Waals surface area contributed by atoms with Crippen molar-refractivity contribution in [2.45, 2.75) is 32.4 Å². The molecule has 0 aliphatic carbocycles. The van der Waals surface area contributed by atoms with Crippen LogP contribution in [0.1, 0.15) is 25.3 Å². The van der Waals surface area contributed by atoms with Crippen molar-refractivity contribution in [3.63, 3.8) is 0 Å². The molecular weight excluding hydrogens is 567 g/mol. The Morgan fingerprint density at radius 3 is 2.41 bits per heavy atom. The van der Waals surface area contributed by atoms with Crippen LogP contribution in [0.2, 0.25) is 0 Å². The summed E-state index contributed by atoms with van der Waals surface area (Å²) < 4.78 is 38.1. The quantitative estimate of drug-likeness (QED) is 0.212. The third-order valence-corrected chi connectivity index (χ3v) is 7.58. The molecule has 0 radical (unpaired) electrons. The number of halogens is 1. The number of rotatable bonds is 10. The monoisotopic (exact) mass is 602 g/mol. The van der Waals surface area contributed by atoms with Gasteiger partial charge < -0.3 is 34.9 Å². The second kappa shape index (κ2) is 14.0. The van der Waals surface area contributed by atoms with Crippen molar-refractivity contribution in [3.05, 3.63) is 78.2 Å². The number of nitrogens with one attached hydrogen (secondary N) is 3. The molecule has 0 saturated carbocycles. The Hall–Kier alpha value is -4.90. The third kappa shape index (κ3) is 7.35. The van der Waals surface area contributed by atoms with Gasteiger partial charge in [0.1, 0.15) is 11.5 Å². The predicted octanol–water partition coefficient (Wildman–Crippen LogP) is 5.21. The summed E-state index contributed by atoms with van der Waals surface area (Å²) >= 11 is 0. The van der Waals surface area contributed by atoms with Crippen molar-refractivity contribution in [3.8, 4) is 28.7 Å². The Morgan fingerprint density at radius 1 is 0.932 bits per heavy atom. The van der Waals surface area contributed by atoms with Crippen LogP contribution in [-0.2, 0) is 16.1 Å². The molecule has 10 nitrogen and oxygen atoms in total. The lowest BCUT2D eigenvalue weighted by Gasteiger charge is -2.29. The van der Waals surface area contributed by atoms with Crippen LogP contribution in [0.25, 0.3) is 10.9 Å². The SMILES string of the molecule is COc1ccc(CNC(=O)C(=O)Nc2ccc(Oc3ccnc4cc(OC(C)C5CCNCC5)c(OC)cc34)c(F)c2)cc1. The number of benzene rings is 3. The lowest BCUT2D eigenvalue weighted by molar-refractivity contribution is -0.136. The fourth-order valence-electron chi connectivity index (χ4n) is 5.05. The number of pyridine rings is 1. The molecule has 2 heterocycles. The molecule has 11 heteroatoms. The predicted molar refractivity (Wildman–Crippen MR) is 164 cm³/mol. The maximum Gasteiger partial charge on any atom is 0.313 e. The average Bonchev–Trinajstić information content (AvgIpc) is 3.05. The van der Waals surface area contributed by atoms with Crippen molar-refractivity contribution in [2.75, 3.05) is 32.6 Å². The van der Waals surface area contributed by atoms with Crippen molar-refractivity contribution in [1.82, 2.24) is 15.6 Å². The number of methoxy groups -OCH3 is 2. The number of hydrogen-bond donors (Lipinski definition) is 3. The molecule has 0 bridgehead atoms. The first kappa shape index (κ1) is 30.6. The second-order valence-electron chi connectivity index (χ2n) is 10.5. The minimum atomic E-state index is -0.925. The molecule has 2 amide bonds. The minimum Gasteiger partial charge on any atom is -0.497 e. The van der Waals surface area contributed by atoms with Crippen molar-refractivity contribution in [1.29, 1.82) is 0 Å². The highest BCUT2D eigenvalue weighted by atomic mass is 19.1. The van der Waals surface area contributed by atoms with Gasteiger partial charge in [0.25, 0.3) is 0 Å². The zero-order valence-corrected chi connectivity index (χ0v) is 24.8. The molecule has 1 aromatic heterocycles. The maximum absolute atomic E-state index is 15.1. The van der Waals surface area contributed by atoms with Gasteiger partial charge in [0.2, 0.25) is 0 Å². The molecule has 1 saturated heterocycles. The number of carbonyl (C=O) groups is 2. The van der Waals surface area contributed by atoms with Crippen LogP contribution in [0.5, 0.6) is 28.7 Å². The molecule has 0 spiro atoms. The van der Waals surface area contributed by atoms with E-state index < -0.39 is 17.6 Å². The number of anilines is 1. The molecule has 1 unspecified atom stereocenters.